The highest BCUT2D eigenvalue weighted by Crippen LogP contribution is 2.27. The summed E-state index contributed by atoms with van der Waals surface area (Å²) < 4.78 is 14.2. The number of unbranched alkanes of at least 4 members (excludes halogenated alkanes) is 8. The predicted octanol–water partition coefficient (Wildman–Crippen LogP) is 4.50. The van der Waals surface area contributed by atoms with Gasteiger partial charge in [0.05, 0.1) is 33.7 Å². The first-order valence-electron chi connectivity index (χ1n) is 15.7. The van der Waals surface area contributed by atoms with Crippen LogP contribution >= 0.6 is 0 Å². The Hall–Kier alpha value is -3.73. The van der Waals surface area contributed by atoms with Crippen LogP contribution in [0, 0.1) is 5.92 Å². The van der Waals surface area contributed by atoms with Gasteiger partial charge in [-0.2, -0.15) is 0 Å². The first-order chi connectivity index (χ1) is 21.5. The molecule has 0 saturated heterocycles. The number of methoxy groups -OCH3 is 3. The van der Waals surface area contributed by atoms with E-state index in [2.05, 4.69) is 17.0 Å². The Morgan fingerprint density at radius 3 is 2.00 bits per heavy atom. The van der Waals surface area contributed by atoms with E-state index >= 15 is 0 Å². The van der Waals surface area contributed by atoms with E-state index in [1.807, 2.05) is 0 Å². The summed E-state index contributed by atoms with van der Waals surface area (Å²) in [6.07, 6.45) is 12.6. The zero-order chi connectivity index (χ0) is 33.7. The van der Waals surface area contributed by atoms with E-state index in [-0.39, 0.29) is 12.2 Å². The van der Waals surface area contributed by atoms with Crippen LogP contribution in [-0.4, -0.2) is 72.8 Å². The molecule has 1 aromatic carbocycles. The summed E-state index contributed by atoms with van der Waals surface area (Å²) in [6, 6.07) is 4.79. The van der Waals surface area contributed by atoms with Crippen LogP contribution in [-0.2, 0) is 44.6 Å². The van der Waals surface area contributed by atoms with Crippen molar-refractivity contribution in [1.29, 1.82) is 0 Å². The number of carbonyl (C=O) groups excluding carboxylic acids is 5. The zero-order valence-corrected chi connectivity index (χ0v) is 27.2. The van der Waals surface area contributed by atoms with Crippen molar-refractivity contribution in [2.75, 3.05) is 21.3 Å². The van der Waals surface area contributed by atoms with Crippen LogP contribution in [0.1, 0.15) is 96.0 Å². The van der Waals surface area contributed by atoms with Gasteiger partial charge in [0.2, 0.25) is 5.91 Å². The van der Waals surface area contributed by atoms with Crippen molar-refractivity contribution in [2.24, 2.45) is 5.92 Å². The Labute approximate surface area is 266 Å². The molecule has 0 heterocycles. The molecular weight excluding hydrogens is 582 g/mol. The van der Waals surface area contributed by atoms with Crippen LogP contribution in [0.5, 0.6) is 5.75 Å². The molecular formula is C34H51NO10. The second kappa shape index (κ2) is 21.9. The fourth-order valence-corrected chi connectivity index (χ4v) is 4.93. The molecule has 0 aliphatic carbocycles. The van der Waals surface area contributed by atoms with E-state index in [9.17, 15) is 34.2 Å². The number of benzene rings is 1. The second-order valence-corrected chi connectivity index (χ2v) is 11.2. The minimum Gasteiger partial charge on any atom is -0.508 e. The number of carbonyl (C=O) groups is 5. The van der Waals surface area contributed by atoms with Crippen LogP contribution in [0.3, 0.4) is 0 Å². The van der Waals surface area contributed by atoms with Crippen molar-refractivity contribution >= 4 is 29.6 Å². The minimum atomic E-state index is -2.63. The molecule has 0 bridgehead atoms. The maximum absolute atomic E-state index is 13.6. The number of allylic oxidation sites excluding steroid dienone is 1. The number of amides is 1. The largest absolute Gasteiger partial charge is 0.508 e. The third-order valence-corrected chi connectivity index (χ3v) is 7.62. The van der Waals surface area contributed by atoms with Crippen molar-refractivity contribution in [3.05, 3.63) is 42.0 Å². The highest BCUT2D eigenvalue weighted by molar-refractivity contribution is 5.95. The molecule has 0 fully saturated rings. The first-order valence-corrected chi connectivity index (χ1v) is 15.7. The number of ketones is 1. The van der Waals surface area contributed by atoms with E-state index < -0.39 is 47.8 Å². The molecule has 3 N–H and O–H groups in total. The number of esters is 3. The van der Waals surface area contributed by atoms with E-state index in [1.165, 1.54) is 37.5 Å². The summed E-state index contributed by atoms with van der Waals surface area (Å²) in [4.78, 5) is 63.2. The molecule has 0 saturated carbocycles. The number of hydrogen-bond donors (Lipinski definition) is 3. The molecule has 0 unspecified atom stereocenters. The number of phenolic OH excluding ortho intramolecular Hbond substituents is 1. The van der Waals surface area contributed by atoms with Crippen LogP contribution in [0.2, 0.25) is 0 Å². The van der Waals surface area contributed by atoms with Gasteiger partial charge in [0.25, 0.3) is 0 Å². The number of Topliss-reactive ketones (excluding diaryl/α,β-unsaturated/α-hetero) is 1. The summed E-state index contributed by atoms with van der Waals surface area (Å²) in [7, 11) is 3.25. The average molecular weight is 634 g/mol. The average Bonchev–Trinajstić information content (AvgIpc) is 3.03. The first kappa shape index (κ1) is 39.3. The van der Waals surface area contributed by atoms with Crippen molar-refractivity contribution < 1.29 is 48.4 Å². The van der Waals surface area contributed by atoms with Gasteiger partial charge in [-0.05, 0) is 43.4 Å². The molecule has 0 aliphatic rings. The molecule has 1 aromatic rings. The van der Waals surface area contributed by atoms with Crippen LogP contribution in [0.4, 0.5) is 0 Å². The Kier molecular flexibility index (Phi) is 19.1. The Bertz CT molecular complexity index is 1100. The van der Waals surface area contributed by atoms with E-state index in [1.54, 1.807) is 18.2 Å². The maximum atomic E-state index is 13.6. The van der Waals surface area contributed by atoms with Gasteiger partial charge in [0.1, 0.15) is 17.6 Å². The van der Waals surface area contributed by atoms with Crippen molar-refractivity contribution in [2.45, 2.75) is 108 Å². The smallest absolute Gasteiger partial charge is 0.339 e. The fraction of sp³-hybridized carbons (Fsp3) is 0.618. The van der Waals surface area contributed by atoms with Crippen LogP contribution in [0.25, 0.3) is 0 Å². The molecule has 0 aliphatic heterocycles. The number of rotatable bonds is 23. The maximum Gasteiger partial charge on any atom is 0.339 e. The Morgan fingerprint density at radius 2 is 1.44 bits per heavy atom. The van der Waals surface area contributed by atoms with Crippen LogP contribution < -0.4 is 5.32 Å². The molecule has 0 radical (unpaired) electrons. The molecule has 11 heteroatoms. The minimum absolute atomic E-state index is 0.00978. The standard InChI is InChI=1S/C34H51NO10/c1-5-6-7-10-13-16-26(36)17-14-11-8-9-12-15-18-28(34(42,33(41)45-4)24-30(38)43-2)31(39)35-29(32(40)44-3)23-25-19-21-27(37)22-20-25/h15,18-22,28-29,37,42H,5-14,16-17,23-24H2,1-4H3,(H,35,39)/b18-15+/t28-,29-,34+/m1/s1. The molecule has 45 heavy (non-hydrogen) atoms. The summed E-state index contributed by atoms with van der Waals surface area (Å²) in [5.41, 5.74) is -2.03. The highest BCUT2D eigenvalue weighted by atomic mass is 16.5. The van der Waals surface area contributed by atoms with Crippen LogP contribution in [0.15, 0.2) is 36.4 Å². The summed E-state index contributed by atoms with van der Waals surface area (Å²) in [6.45, 7) is 2.16. The van der Waals surface area contributed by atoms with Gasteiger partial charge in [-0.25, -0.2) is 9.59 Å². The molecule has 3 atom stereocenters. The number of nitrogens with one attached hydrogen (secondary N) is 1. The number of ether oxygens (including phenoxy) is 3. The number of phenols is 1. The van der Waals surface area contributed by atoms with E-state index in [0.717, 1.165) is 59.9 Å². The van der Waals surface area contributed by atoms with Gasteiger partial charge >= 0.3 is 17.9 Å². The second-order valence-electron chi connectivity index (χ2n) is 11.2. The number of hydrogen-bond acceptors (Lipinski definition) is 10. The van der Waals surface area contributed by atoms with E-state index in [4.69, 9.17) is 9.47 Å². The molecule has 11 nitrogen and oxygen atoms in total. The number of aliphatic hydroxyl groups is 1. The summed E-state index contributed by atoms with van der Waals surface area (Å²) in [5, 5.41) is 23.5. The lowest BCUT2D eigenvalue weighted by Gasteiger charge is -2.31. The molecule has 0 spiro atoms. The van der Waals surface area contributed by atoms with Gasteiger partial charge < -0.3 is 29.7 Å². The summed E-state index contributed by atoms with van der Waals surface area (Å²) in [5.74, 6) is -5.15. The lowest BCUT2D eigenvalue weighted by molar-refractivity contribution is -0.176. The third kappa shape index (κ3) is 14.7. The molecule has 252 valence electrons. The van der Waals surface area contributed by atoms with Gasteiger partial charge in [-0.1, -0.05) is 69.7 Å². The van der Waals surface area contributed by atoms with Gasteiger partial charge in [0, 0.05) is 19.3 Å². The zero-order valence-electron chi connectivity index (χ0n) is 27.2. The lowest BCUT2D eigenvalue weighted by Crippen LogP contribution is -2.56. The monoisotopic (exact) mass is 633 g/mol. The van der Waals surface area contributed by atoms with Gasteiger partial charge in [-0.3, -0.25) is 14.4 Å². The van der Waals surface area contributed by atoms with E-state index in [0.29, 0.717) is 30.6 Å². The highest BCUT2D eigenvalue weighted by Gasteiger charge is 2.50. The normalized spacial score (nSPS) is 13.8. The van der Waals surface area contributed by atoms with Crippen molar-refractivity contribution in [3.63, 3.8) is 0 Å². The number of aromatic hydroxyl groups is 1. The van der Waals surface area contributed by atoms with Gasteiger partial charge in [0.15, 0.2) is 5.60 Å². The Balaban J connectivity index is 2.94. The van der Waals surface area contributed by atoms with Crippen molar-refractivity contribution in [3.8, 4) is 5.75 Å². The third-order valence-electron chi connectivity index (χ3n) is 7.62. The topological polar surface area (TPSA) is 166 Å². The molecule has 1 rings (SSSR count). The quantitative estimate of drug-likeness (QED) is 0.0676. The molecule has 0 aromatic heterocycles. The SMILES string of the molecule is CCCCCCCC(=O)CCCCCC/C=C/[C@H](C(=O)N[C@H](Cc1ccc(O)cc1)C(=O)OC)[C@@](O)(CC(=O)OC)C(=O)OC. The predicted molar refractivity (Wildman–Crippen MR) is 168 cm³/mol. The van der Waals surface area contributed by atoms with Crippen molar-refractivity contribution in [1.82, 2.24) is 5.32 Å². The molecule has 1 amide bonds. The lowest BCUT2D eigenvalue weighted by atomic mass is 9.82. The Morgan fingerprint density at radius 1 is 0.844 bits per heavy atom. The van der Waals surface area contributed by atoms with Gasteiger partial charge in [-0.15, -0.1) is 0 Å². The fourth-order valence-electron chi connectivity index (χ4n) is 4.93. The summed E-state index contributed by atoms with van der Waals surface area (Å²) >= 11 is 0.